The maximum atomic E-state index is 10.9. The molecule has 1 aromatic carbocycles. The predicted octanol–water partition coefficient (Wildman–Crippen LogP) is 2.02. The molecule has 6 nitrogen and oxygen atoms in total. The van der Waals surface area contributed by atoms with Gasteiger partial charge in [-0.05, 0) is 19.1 Å². The summed E-state index contributed by atoms with van der Waals surface area (Å²) in [7, 11) is -4.06. The first kappa shape index (κ1) is 16.0. The Kier molecular flexibility index (Phi) is 4.91. The van der Waals surface area contributed by atoms with Crippen LogP contribution in [-0.2, 0) is 24.0 Å². The summed E-state index contributed by atoms with van der Waals surface area (Å²) in [6, 6.07) is 5.02. The first-order valence-electron chi connectivity index (χ1n) is 5.70. The molecule has 0 saturated carbocycles. The zero-order valence-electron chi connectivity index (χ0n) is 10.5. The zero-order chi connectivity index (χ0) is 14.9. The Balaban J connectivity index is 2.24. The van der Waals surface area contributed by atoms with Crippen molar-refractivity contribution in [2.24, 2.45) is 5.14 Å². The summed E-state index contributed by atoms with van der Waals surface area (Å²) in [5.41, 5.74) is 0.531. The highest BCUT2D eigenvalue weighted by Crippen LogP contribution is 2.40. The molecule has 1 aliphatic heterocycles. The van der Waals surface area contributed by atoms with Crippen LogP contribution in [0.5, 0.6) is 0 Å². The molecule has 1 aromatic rings. The Morgan fingerprint density at radius 3 is 2.45 bits per heavy atom. The molecule has 0 aliphatic carbocycles. The highest BCUT2D eigenvalue weighted by Gasteiger charge is 2.38. The van der Waals surface area contributed by atoms with Gasteiger partial charge < -0.3 is 9.47 Å². The van der Waals surface area contributed by atoms with Crippen LogP contribution >= 0.6 is 23.2 Å². The largest absolute Gasteiger partial charge is 0.344 e. The molecular formula is C11H13Cl2NO5S. The molecule has 112 valence electrons. The first-order valence-corrected chi connectivity index (χ1v) is 7.92. The van der Waals surface area contributed by atoms with Gasteiger partial charge in [0.1, 0.15) is 12.2 Å². The van der Waals surface area contributed by atoms with E-state index >= 15 is 0 Å². The lowest BCUT2D eigenvalue weighted by atomic mass is 10.0. The summed E-state index contributed by atoms with van der Waals surface area (Å²) in [6.45, 7) is 1.39. The number of benzene rings is 1. The Morgan fingerprint density at radius 1 is 1.30 bits per heavy atom. The Morgan fingerprint density at radius 2 is 1.90 bits per heavy atom. The van der Waals surface area contributed by atoms with Crippen molar-refractivity contribution in [2.45, 2.75) is 25.4 Å². The van der Waals surface area contributed by atoms with E-state index in [1.807, 2.05) is 0 Å². The average molecular weight is 342 g/mol. The molecular weight excluding hydrogens is 329 g/mol. The molecule has 2 rings (SSSR count). The minimum absolute atomic E-state index is 0.282. The van der Waals surface area contributed by atoms with Crippen molar-refractivity contribution >= 4 is 33.5 Å². The van der Waals surface area contributed by atoms with Crippen molar-refractivity contribution in [1.82, 2.24) is 0 Å². The summed E-state index contributed by atoms with van der Waals surface area (Å²) in [5.74, 6) is 0. The van der Waals surface area contributed by atoms with Crippen molar-refractivity contribution in [3.63, 3.8) is 0 Å². The third kappa shape index (κ3) is 3.82. The number of nitrogens with two attached hydrogens (primary N) is 1. The van der Waals surface area contributed by atoms with Gasteiger partial charge in [-0.2, -0.15) is 8.42 Å². The van der Waals surface area contributed by atoms with E-state index in [9.17, 15) is 8.42 Å². The van der Waals surface area contributed by atoms with Crippen molar-refractivity contribution in [1.29, 1.82) is 0 Å². The van der Waals surface area contributed by atoms with E-state index in [0.717, 1.165) is 0 Å². The van der Waals surface area contributed by atoms with Gasteiger partial charge in [0, 0.05) is 15.6 Å². The Labute approximate surface area is 127 Å². The normalized spacial score (nSPS) is 26.9. The van der Waals surface area contributed by atoms with Crippen molar-refractivity contribution in [3.8, 4) is 0 Å². The molecule has 0 aromatic heterocycles. The van der Waals surface area contributed by atoms with Crippen molar-refractivity contribution < 1.29 is 22.1 Å². The van der Waals surface area contributed by atoms with Gasteiger partial charge in [-0.3, -0.25) is 4.18 Å². The second-order valence-electron chi connectivity index (χ2n) is 4.21. The molecule has 3 unspecified atom stereocenters. The van der Waals surface area contributed by atoms with E-state index in [2.05, 4.69) is 4.18 Å². The fourth-order valence-electron chi connectivity index (χ4n) is 1.97. The van der Waals surface area contributed by atoms with Crippen molar-refractivity contribution in [3.05, 3.63) is 33.8 Å². The van der Waals surface area contributed by atoms with Gasteiger partial charge in [-0.15, -0.1) is 0 Å². The summed E-state index contributed by atoms with van der Waals surface area (Å²) >= 11 is 12.2. The average Bonchev–Trinajstić information content (AvgIpc) is 2.67. The van der Waals surface area contributed by atoms with E-state index in [1.54, 1.807) is 25.1 Å². The SMILES string of the molecule is CC1OC(COS(N)(=O)=O)C(c2c(Cl)cccc2Cl)O1. The molecule has 0 bridgehead atoms. The number of hydrogen-bond donors (Lipinski definition) is 1. The molecule has 20 heavy (non-hydrogen) atoms. The molecule has 0 amide bonds. The molecule has 1 heterocycles. The number of ether oxygens (including phenoxy) is 2. The van der Waals surface area contributed by atoms with Gasteiger partial charge in [-0.1, -0.05) is 29.3 Å². The summed E-state index contributed by atoms with van der Waals surface area (Å²) in [5, 5.41) is 5.60. The van der Waals surface area contributed by atoms with E-state index in [1.165, 1.54) is 0 Å². The van der Waals surface area contributed by atoms with Gasteiger partial charge in [0.15, 0.2) is 6.29 Å². The molecule has 1 aliphatic rings. The van der Waals surface area contributed by atoms with Crippen LogP contribution in [0.25, 0.3) is 0 Å². The standard InChI is InChI=1S/C11H13Cl2NO5S/c1-6-18-9(5-17-20(14,15)16)11(19-6)10-7(12)3-2-4-8(10)13/h2-4,6,9,11H,5H2,1H3,(H2,14,15,16). The third-order valence-electron chi connectivity index (χ3n) is 2.72. The molecule has 2 N–H and O–H groups in total. The summed E-state index contributed by atoms with van der Waals surface area (Å²) in [4.78, 5) is 0. The van der Waals surface area contributed by atoms with Gasteiger partial charge in [0.25, 0.3) is 0 Å². The monoisotopic (exact) mass is 341 g/mol. The Hall–Kier alpha value is -0.410. The van der Waals surface area contributed by atoms with E-state index < -0.39 is 28.8 Å². The van der Waals surface area contributed by atoms with Gasteiger partial charge in [0.2, 0.25) is 0 Å². The first-order chi connectivity index (χ1) is 9.28. The van der Waals surface area contributed by atoms with Crippen LogP contribution in [-0.4, -0.2) is 27.4 Å². The lowest BCUT2D eigenvalue weighted by molar-refractivity contribution is -0.0549. The fourth-order valence-corrected chi connectivity index (χ4v) is 2.91. The number of hydrogen-bond acceptors (Lipinski definition) is 5. The predicted molar refractivity (Wildman–Crippen MR) is 73.7 cm³/mol. The van der Waals surface area contributed by atoms with Crippen LogP contribution < -0.4 is 5.14 Å². The third-order valence-corrected chi connectivity index (χ3v) is 3.85. The molecule has 9 heteroatoms. The molecule has 0 radical (unpaired) electrons. The van der Waals surface area contributed by atoms with Gasteiger partial charge in [-0.25, -0.2) is 5.14 Å². The zero-order valence-corrected chi connectivity index (χ0v) is 12.8. The highest BCUT2D eigenvalue weighted by molar-refractivity contribution is 7.84. The summed E-state index contributed by atoms with van der Waals surface area (Å²) in [6.07, 6.45) is -1.85. The minimum atomic E-state index is -4.06. The number of rotatable bonds is 4. The quantitative estimate of drug-likeness (QED) is 0.904. The molecule has 1 fully saturated rings. The van der Waals surface area contributed by atoms with Crippen LogP contribution in [0.1, 0.15) is 18.6 Å². The van der Waals surface area contributed by atoms with Crippen LogP contribution in [0.15, 0.2) is 18.2 Å². The maximum Gasteiger partial charge on any atom is 0.333 e. The van der Waals surface area contributed by atoms with Crippen LogP contribution in [0, 0.1) is 0 Å². The molecule has 1 saturated heterocycles. The Bertz CT molecular complexity index is 574. The molecule has 3 atom stereocenters. The lowest BCUT2D eigenvalue weighted by Crippen LogP contribution is -2.27. The second kappa shape index (κ2) is 6.15. The smallest absolute Gasteiger partial charge is 0.333 e. The fraction of sp³-hybridized carbons (Fsp3) is 0.455. The van der Waals surface area contributed by atoms with Gasteiger partial charge in [0.05, 0.1) is 6.61 Å². The summed E-state index contributed by atoms with van der Waals surface area (Å²) < 4.78 is 37.3. The highest BCUT2D eigenvalue weighted by atomic mass is 35.5. The van der Waals surface area contributed by atoms with E-state index in [-0.39, 0.29) is 6.61 Å². The van der Waals surface area contributed by atoms with Crippen molar-refractivity contribution in [2.75, 3.05) is 6.61 Å². The van der Waals surface area contributed by atoms with Gasteiger partial charge >= 0.3 is 10.3 Å². The minimum Gasteiger partial charge on any atom is -0.344 e. The topological polar surface area (TPSA) is 87.9 Å². The second-order valence-corrected chi connectivity index (χ2v) is 6.25. The van der Waals surface area contributed by atoms with E-state index in [4.69, 9.17) is 37.8 Å². The number of halogens is 2. The molecule has 0 spiro atoms. The maximum absolute atomic E-state index is 10.9. The van der Waals surface area contributed by atoms with Crippen LogP contribution in [0.3, 0.4) is 0 Å². The lowest BCUT2D eigenvalue weighted by Gasteiger charge is -2.18. The van der Waals surface area contributed by atoms with Crippen LogP contribution in [0.4, 0.5) is 0 Å². The van der Waals surface area contributed by atoms with E-state index in [0.29, 0.717) is 15.6 Å². The van der Waals surface area contributed by atoms with Crippen LogP contribution in [0.2, 0.25) is 10.0 Å².